The van der Waals surface area contributed by atoms with Crippen LogP contribution in [0.25, 0.3) is 0 Å². The largest absolute Gasteiger partial charge is 0.349 e. The van der Waals surface area contributed by atoms with Crippen molar-refractivity contribution in [1.82, 2.24) is 20.0 Å². The molecule has 0 radical (unpaired) electrons. The molecule has 112 valence electrons. The average Bonchev–Trinajstić information content (AvgIpc) is 2.53. The summed E-state index contributed by atoms with van der Waals surface area (Å²) in [6.45, 7) is 10.3. The second-order valence-corrected chi connectivity index (χ2v) is 7.18. The first-order chi connectivity index (χ1) is 9.21. The number of hydrogen-bond acceptors (Lipinski definition) is 3. The van der Waals surface area contributed by atoms with E-state index in [2.05, 4.69) is 52.0 Å². The number of hydrogen-bond donors (Lipinski definition) is 1. The third kappa shape index (κ3) is 2.91. The predicted molar refractivity (Wildman–Crippen MR) is 82.8 cm³/mol. The summed E-state index contributed by atoms with van der Waals surface area (Å²) < 4.78 is 2.49. The molecule has 2 heterocycles. The Morgan fingerprint density at radius 1 is 1.50 bits per heavy atom. The van der Waals surface area contributed by atoms with Crippen LogP contribution >= 0.6 is 15.9 Å². The van der Waals surface area contributed by atoms with Gasteiger partial charge in [0.1, 0.15) is 0 Å². The molecule has 1 aliphatic heterocycles. The number of aryl methyl sites for hydroxylation is 1. The fraction of sp³-hybridized carbons (Fsp3) is 0.714. The molecule has 1 fully saturated rings. The number of amides is 1. The molecule has 1 N–H and O–H groups in total. The molecule has 0 spiro atoms. The Balaban J connectivity index is 1.95. The summed E-state index contributed by atoms with van der Waals surface area (Å²) in [6, 6.07) is 0.433. The summed E-state index contributed by atoms with van der Waals surface area (Å²) in [7, 11) is 1.84. The summed E-state index contributed by atoms with van der Waals surface area (Å²) >= 11 is 3.43. The Kier molecular flexibility index (Phi) is 4.25. The summed E-state index contributed by atoms with van der Waals surface area (Å²) in [6.07, 6.45) is 1.14. The highest BCUT2D eigenvalue weighted by molar-refractivity contribution is 9.10. The second kappa shape index (κ2) is 5.48. The highest BCUT2D eigenvalue weighted by atomic mass is 79.9. The SMILES string of the molecule is Cc1c(Br)c(C(=O)NCC2CCN2C(C)(C)C)nn1C. The van der Waals surface area contributed by atoms with Crippen molar-refractivity contribution in [3.05, 3.63) is 15.9 Å². The Hall–Kier alpha value is -0.880. The van der Waals surface area contributed by atoms with Gasteiger partial charge in [0.2, 0.25) is 0 Å². The van der Waals surface area contributed by atoms with E-state index in [0.717, 1.165) is 23.1 Å². The van der Waals surface area contributed by atoms with Gasteiger partial charge in [-0.1, -0.05) is 0 Å². The number of nitrogens with zero attached hydrogens (tertiary/aromatic N) is 3. The quantitative estimate of drug-likeness (QED) is 0.914. The lowest BCUT2D eigenvalue weighted by Crippen LogP contribution is -2.60. The Bertz CT molecular complexity index is 518. The lowest BCUT2D eigenvalue weighted by atomic mass is 9.93. The summed E-state index contributed by atoms with van der Waals surface area (Å²) in [5.74, 6) is -0.110. The minimum atomic E-state index is -0.110. The normalized spacial score (nSPS) is 19.8. The molecule has 1 atom stereocenters. The second-order valence-electron chi connectivity index (χ2n) is 6.39. The molecule has 1 aliphatic rings. The van der Waals surface area contributed by atoms with Crippen LogP contribution in [0.15, 0.2) is 4.47 Å². The van der Waals surface area contributed by atoms with E-state index in [4.69, 9.17) is 0 Å². The molecule has 0 aliphatic carbocycles. The van der Waals surface area contributed by atoms with Gasteiger partial charge in [-0.25, -0.2) is 0 Å². The van der Waals surface area contributed by atoms with Crippen LogP contribution in [0.5, 0.6) is 0 Å². The predicted octanol–water partition coefficient (Wildman–Crippen LogP) is 2.09. The zero-order valence-electron chi connectivity index (χ0n) is 12.8. The minimum Gasteiger partial charge on any atom is -0.349 e. The van der Waals surface area contributed by atoms with Crippen molar-refractivity contribution in [2.24, 2.45) is 7.05 Å². The van der Waals surface area contributed by atoms with Gasteiger partial charge >= 0.3 is 0 Å². The zero-order chi connectivity index (χ0) is 15.1. The van der Waals surface area contributed by atoms with Gasteiger partial charge in [-0.3, -0.25) is 14.4 Å². The van der Waals surface area contributed by atoms with Gasteiger partial charge in [0.25, 0.3) is 5.91 Å². The summed E-state index contributed by atoms with van der Waals surface area (Å²) in [5, 5.41) is 7.24. The molecule has 1 aromatic heterocycles. The molecular formula is C14H23BrN4O. The third-order valence-corrected chi connectivity index (χ3v) is 4.93. The van der Waals surface area contributed by atoms with Crippen molar-refractivity contribution in [2.75, 3.05) is 13.1 Å². The van der Waals surface area contributed by atoms with Gasteiger partial charge < -0.3 is 5.32 Å². The number of aromatic nitrogens is 2. The Morgan fingerprint density at radius 3 is 2.55 bits per heavy atom. The lowest BCUT2D eigenvalue weighted by Gasteiger charge is -2.49. The highest BCUT2D eigenvalue weighted by Gasteiger charge is 2.36. The van der Waals surface area contributed by atoms with Crippen LogP contribution in [0.1, 0.15) is 43.4 Å². The van der Waals surface area contributed by atoms with Crippen LogP contribution in [-0.2, 0) is 7.05 Å². The van der Waals surface area contributed by atoms with E-state index >= 15 is 0 Å². The van der Waals surface area contributed by atoms with E-state index < -0.39 is 0 Å². The number of carbonyl (C=O) groups excluding carboxylic acids is 1. The van der Waals surface area contributed by atoms with Crippen LogP contribution in [0, 0.1) is 6.92 Å². The molecule has 1 unspecified atom stereocenters. The van der Waals surface area contributed by atoms with Crippen LogP contribution in [0.2, 0.25) is 0 Å². The highest BCUT2D eigenvalue weighted by Crippen LogP contribution is 2.27. The number of likely N-dealkylation sites (tertiary alicyclic amines) is 1. The lowest BCUT2D eigenvalue weighted by molar-refractivity contribution is 0.00276. The van der Waals surface area contributed by atoms with Crippen LogP contribution in [0.3, 0.4) is 0 Å². The minimum absolute atomic E-state index is 0.110. The van der Waals surface area contributed by atoms with E-state index in [0.29, 0.717) is 18.3 Å². The van der Waals surface area contributed by atoms with Crippen molar-refractivity contribution in [3.8, 4) is 0 Å². The first kappa shape index (κ1) is 15.5. The number of halogens is 1. The van der Waals surface area contributed by atoms with E-state index in [1.54, 1.807) is 4.68 Å². The van der Waals surface area contributed by atoms with Gasteiger partial charge in [-0.2, -0.15) is 5.10 Å². The molecule has 1 saturated heterocycles. The Morgan fingerprint density at radius 2 is 2.15 bits per heavy atom. The standard InChI is InChI=1S/C14H23BrN4O/c1-9-11(15)12(17-18(9)5)13(20)16-8-10-6-7-19(10)14(2,3)4/h10H,6-8H2,1-5H3,(H,16,20). The molecule has 5 nitrogen and oxygen atoms in total. The van der Waals surface area contributed by atoms with Gasteiger partial charge in [-0.15, -0.1) is 0 Å². The van der Waals surface area contributed by atoms with Crippen molar-refractivity contribution in [2.45, 2.75) is 45.7 Å². The first-order valence-electron chi connectivity index (χ1n) is 6.96. The van der Waals surface area contributed by atoms with Crippen molar-refractivity contribution in [1.29, 1.82) is 0 Å². The number of carbonyl (C=O) groups is 1. The zero-order valence-corrected chi connectivity index (χ0v) is 14.4. The maximum Gasteiger partial charge on any atom is 0.273 e. The average molecular weight is 343 g/mol. The van der Waals surface area contributed by atoms with Crippen LogP contribution < -0.4 is 5.32 Å². The smallest absolute Gasteiger partial charge is 0.273 e. The molecule has 0 aromatic carbocycles. The van der Waals surface area contributed by atoms with Gasteiger partial charge in [-0.05, 0) is 50.0 Å². The molecule has 20 heavy (non-hydrogen) atoms. The summed E-state index contributed by atoms with van der Waals surface area (Å²) in [5.41, 5.74) is 1.58. The van der Waals surface area contributed by atoms with Crippen molar-refractivity contribution >= 4 is 21.8 Å². The van der Waals surface area contributed by atoms with Crippen molar-refractivity contribution in [3.63, 3.8) is 0 Å². The van der Waals surface area contributed by atoms with Crippen LogP contribution in [-0.4, -0.2) is 45.3 Å². The van der Waals surface area contributed by atoms with E-state index in [1.807, 2.05) is 14.0 Å². The van der Waals surface area contributed by atoms with Crippen molar-refractivity contribution < 1.29 is 4.79 Å². The van der Waals surface area contributed by atoms with Gasteiger partial charge in [0.15, 0.2) is 5.69 Å². The number of nitrogens with one attached hydrogen (secondary N) is 1. The first-order valence-corrected chi connectivity index (χ1v) is 7.75. The van der Waals surface area contributed by atoms with E-state index in [9.17, 15) is 4.79 Å². The van der Waals surface area contributed by atoms with E-state index in [-0.39, 0.29) is 11.4 Å². The maximum absolute atomic E-state index is 12.2. The molecule has 0 saturated carbocycles. The Labute approximate surface area is 128 Å². The monoisotopic (exact) mass is 342 g/mol. The fourth-order valence-corrected chi connectivity index (χ4v) is 3.07. The third-order valence-electron chi connectivity index (χ3n) is 3.98. The van der Waals surface area contributed by atoms with Gasteiger partial charge in [0.05, 0.1) is 10.2 Å². The topological polar surface area (TPSA) is 50.2 Å². The molecule has 1 aromatic rings. The fourth-order valence-electron chi connectivity index (χ4n) is 2.56. The van der Waals surface area contributed by atoms with Crippen LogP contribution in [0.4, 0.5) is 0 Å². The molecule has 0 bridgehead atoms. The molecule has 2 rings (SSSR count). The van der Waals surface area contributed by atoms with Gasteiger partial charge in [0, 0.05) is 31.7 Å². The molecular weight excluding hydrogens is 320 g/mol. The maximum atomic E-state index is 12.2. The molecule has 6 heteroatoms. The van der Waals surface area contributed by atoms with E-state index in [1.165, 1.54) is 0 Å². The number of rotatable bonds is 3. The summed E-state index contributed by atoms with van der Waals surface area (Å²) in [4.78, 5) is 14.6. The molecule has 1 amide bonds.